The molecule has 2 aromatic heterocycles. The quantitative estimate of drug-likeness (QED) is 0.498. The first-order valence-electron chi connectivity index (χ1n) is 7.74. The molecule has 2 rings (SSSR count). The van der Waals surface area contributed by atoms with Crippen LogP contribution in [-0.4, -0.2) is 23.1 Å². The number of carbonyl (C=O) groups is 2. The zero-order valence-electron chi connectivity index (χ0n) is 15.1. The van der Waals surface area contributed by atoms with E-state index in [1.807, 2.05) is 0 Å². The number of rotatable bonds is 4. The molecule has 7 heteroatoms. The first-order valence-corrected chi connectivity index (χ1v) is 9.90. The Morgan fingerprint density at radius 2 is 1.12 bits per heavy atom. The molecule has 0 aliphatic heterocycles. The van der Waals surface area contributed by atoms with E-state index >= 15 is 0 Å². The molecular weight excluding hydrogens is 439 g/mol. The maximum absolute atomic E-state index is 12.0. The number of hydrogen-bond donors (Lipinski definition) is 0. The van der Waals surface area contributed by atoms with E-state index < -0.39 is 44.3 Å². The molecular formula is C18H22IO6+. The van der Waals surface area contributed by atoms with Crippen molar-refractivity contribution < 1.29 is 49.1 Å². The number of hydrogen-bond acceptors (Lipinski definition) is 6. The van der Waals surface area contributed by atoms with Crippen LogP contribution >= 0.6 is 0 Å². The van der Waals surface area contributed by atoms with Gasteiger partial charge < -0.3 is 18.3 Å². The van der Waals surface area contributed by atoms with E-state index in [9.17, 15) is 9.59 Å². The molecule has 6 nitrogen and oxygen atoms in total. The minimum absolute atomic E-state index is 0.156. The van der Waals surface area contributed by atoms with Crippen LogP contribution in [0.25, 0.3) is 0 Å². The Kier molecular flexibility index (Phi) is 5.65. The lowest BCUT2D eigenvalue weighted by atomic mass is 10.2. The fraction of sp³-hybridized carbons (Fsp3) is 0.444. The molecule has 0 amide bonds. The van der Waals surface area contributed by atoms with E-state index in [0.717, 1.165) is 0 Å². The highest BCUT2D eigenvalue weighted by Crippen LogP contribution is 2.13. The number of ether oxygens (including phenoxy) is 2. The molecule has 0 saturated heterocycles. The normalized spacial score (nSPS) is 12.1. The van der Waals surface area contributed by atoms with E-state index in [4.69, 9.17) is 18.3 Å². The second-order valence-electron chi connectivity index (χ2n) is 7.31. The van der Waals surface area contributed by atoms with Crippen LogP contribution in [0.15, 0.2) is 33.1 Å². The largest absolute Gasteiger partial charge is 0.454 e. The van der Waals surface area contributed by atoms with Gasteiger partial charge in [0.1, 0.15) is 11.2 Å². The lowest BCUT2D eigenvalue weighted by molar-refractivity contribution is -0.636. The third-order valence-corrected chi connectivity index (χ3v) is 4.76. The summed E-state index contributed by atoms with van der Waals surface area (Å²) in [5, 5.41) is 0. The van der Waals surface area contributed by atoms with Crippen molar-refractivity contribution in [1.82, 2.24) is 0 Å². The highest BCUT2D eigenvalue weighted by Gasteiger charge is 2.30. The van der Waals surface area contributed by atoms with Crippen molar-refractivity contribution in [1.29, 1.82) is 0 Å². The van der Waals surface area contributed by atoms with Gasteiger partial charge in [0.2, 0.25) is 11.5 Å². The lowest BCUT2D eigenvalue weighted by Gasteiger charge is -2.18. The fourth-order valence-corrected chi connectivity index (χ4v) is 3.64. The highest BCUT2D eigenvalue weighted by atomic mass is 127. The molecule has 0 N–H and O–H groups in total. The third kappa shape index (κ3) is 6.22. The highest BCUT2D eigenvalue weighted by molar-refractivity contribution is 5.86. The van der Waals surface area contributed by atoms with Crippen LogP contribution < -0.4 is 21.2 Å². The molecule has 136 valence electrons. The molecule has 0 fully saturated rings. The van der Waals surface area contributed by atoms with Crippen LogP contribution in [0.4, 0.5) is 0 Å². The summed E-state index contributed by atoms with van der Waals surface area (Å²) in [5.41, 5.74) is -1.16. The average Bonchev–Trinajstić information content (AvgIpc) is 3.04. The van der Waals surface area contributed by atoms with Crippen LogP contribution in [-0.2, 0) is 9.47 Å². The molecule has 2 aromatic rings. The van der Waals surface area contributed by atoms with Crippen molar-refractivity contribution in [2.24, 2.45) is 0 Å². The van der Waals surface area contributed by atoms with Crippen LogP contribution in [0.2, 0.25) is 0 Å². The summed E-state index contributed by atoms with van der Waals surface area (Å²) >= 11 is -0.798. The Bertz CT molecular complexity index is 693. The van der Waals surface area contributed by atoms with Crippen LogP contribution in [0, 0.1) is 7.53 Å². The molecule has 0 unspecified atom stereocenters. The van der Waals surface area contributed by atoms with Crippen LogP contribution in [0.1, 0.15) is 62.7 Å². The standard InChI is InChI=1S/C18H22IO6/c1-17(2,3)24-15(20)11-7-9-13(22-11)19-14-10-8-12(23-14)16(21)25-18(4,5)6/h7-10H,1-6H3/q+1. The van der Waals surface area contributed by atoms with Gasteiger partial charge in [0.25, 0.3) is 0 Å². The first-order chi connectivity index (χ1) is 11.4. The van der Waals surface area contributed by atoms with E-state index in [1.165, 1.54) is 0 Å². The molecule has 0 aliphatic carbocycles. The van der Waals surface area contributed by atoms with E-state index in [2.05, 4.69) is 0 Å². The Balaban J connectivity index is 2.02. The van der Waals surface area contributed by atoms with Gasteiger partial charge in [-0.15, -0.1) is 0 Å². The minimum Gasteiger partial charge on any atom is -0.454 e. The van der Waals surface area contributed by atoms with Gasteiger partial charge in [0.05, 0.1) is 0 Å². The molecule has 0 aromatic carbocycles. The molecule has 0 aliphatic rings. The SMILES string of the molecule is CC(C)(C)OC(=O)c1ccc([I+]c2ccc(C(=O)OC(C)(C)C)o2)o1. The van der Waals surface area contributed by atoms with Crippen molar-refractivity contribution >= 4 is 11.9 Å². The topological polar surface area (TPSA) is 78.9 Å². The maximum Gasteiger partial charge on any atom is 0.443 e. The van der Waals surface area contributed by atoms with Crippen molar-refractivity contribution in [2.75, 3.05) is 0 Å². The number of esters is 2. The number of halogens is 1. The van der Waals surface area contributed by atoms with Gasteiger partial charge in [0.15, 0.2) is 0 Å². The van der Waals surface area contributed by atoms with E-state index in [-0.39, 0.29) is 11.5 Å². The summed E-state index contributed by atoms with van der Waals surface area (Å²) in [6.07, 6.45) is 0. The van der Waals surface area contributed by atoms with Crippen LogP contribution in [0.3, 0.4) is 0 Å². The monoisotopic (exact) mass is 461 g/mol. The number of carbonyl (C=O) groups excluding carboxylic acids is 2. The molecule has 25 heavy (non-hydrogen) atoms. The predicted octanol–water partition coefficient (Wildman–Crippen LogP) is 0.912. The van der Waals surface area contributed by atoms with E-state index in [1.54, 1.807) is 65.8 Å². The van der Waals surface area contributed by atoms with Crippen LogP contribution in [0.5, 0.6) is 0 Å². The number of furan rings is 2. The van der Waals surface area contributed by atoms with Crippen molar-refractivity contribution in [2.45, 2.75) is 52.7 Å². The van der Waals surface area contributed by atoms with E-state index in [0.29, 0.717) is 7.53 Å². The Morgan fingerprint density at radius 1 is 0.760 bits per heavy atom. The molecule has 0 spiro atoms. The second-order valence-corrected chi connectivity index (χ2v) is 9.97. The molecule has 2 heterocycles. The van der Waals surface area contributed by atoms with Gasteiger partial charge in [-0.1, -0.05) is 0 Å². The van der Waals surface area contributed by atoms with Crippen molar-refractivity contribution in [3.8, 4) is 0 Å². The zero-order valence-corrected chi connectivity index (χ0v) is 17.3. The Morgan fingerprint density at radius 3 is 1.44 bits per heavy atom. The van der Waals surface area contributed by atoms with Gasteiger partial charge in [-0.25, -0.2) is 9.59 Å². The van der Waals surface area contributed by atoms with Crippen molar-refractivity contribution in [3.63, 3.8) is 0 Å². The molecule has 0 bridgehead atoms. The lowest BCUT2D eigenvalue weighted by Crippen LogP contribution is -3.61. The first kappa shape index (κ1) is 19.6. The van der Waals surface area contributed by atoms with Gasteiger partial charge in [-0.2, -0.15) is 0 Å². The Hall–Kier alpha value is -1.77. The summed E-state index contributed by atoms with van der Waals surface area (Å²) in [5.74, 6) is -0.694. The van der Waals surface area contributed by atoms with Gasteiger partial charge in [0, 0.05) is 12.1 Å². The van der Waals surface area contributed by atoms with Gasteiger partial charge >= 0.3 is 40.7 Å². The fourth-order valence-electron chi connectivity index (χ4n) is 1.70. The smallest absolute Gasteiger partial charge is 0.443 e. The molecule has 0 saturated carbocycles. The summed E-state index contributed by atoms with van der Waals surface area (Å²) in [6, 6.07) is 6.62. The molecule has 0 atom stereocenters. The summed E-state index contributed by atoms with van der Waals surface area (Å²) in [4.78, 5) is 23.9. The summed E-state index contributed by atoms with van der Waals surface area (Å²) < 4.78 is 22.9. The Labute approximate surface area is 157 Å². The maximum atomic E-state index is 12.0. The minimum atomic E-state index is -0.798. The van der Waals surface area contributed by atoms with Crippen molar-refractivity contribution in [3.05, 3.63) is 43.3 Å². The summed E-state index contributed by atoms with van der Waals surface area (Å²) in [6.45, 7) is 10.8. The average molecular weight is 461 g/mol. The second kappa shape index (κ2) is 7.23. The third-order valence-electron chi connectivity index (χ3n) is 2.53. The zero-order chi connectivity index (χ0) is 18.8. The molecule has 0 radical (unpaired) electrons. The van der Waals surface area contributed by atoms with Gasteiger partial charge in [-0.3, -0.25) is 0 Å². The summed E-state index contributed by atoms with van der Waals surface area (Å²) in [7, 11) is 0. The van der Waals surface area contributed by atoms with Gasteiger partial charge in [-0.05, 0) is 53.7 Å². The predicted molar refractivity (Wildman–Crippen MR) is 85.1 cm³/mol.